The molecule has 1 fully saturated rings. The number of carbonyl (C=O) groups is 2. The fourth-order valence-corrected chi connectivity index (χ4v) is 2.90. The predicted molar refractivity (Wildman–Crippen MR) is 100 cm³/mol. The van der Waals surface area contributed by atoms with Gasteiger partial charge in [0.2, 0.25) is 11.8 Å². The Hall–Kier alpha value is -2.70. The third kappa shape index (κ3) is 5.15. The third-order valence-electron chi connectivity index (χ3n) is 4.56. The number of nitrogens with one attached hydrogen (secondary N) is 2. The van der Waals surface area contributed by atoms with Gasteiger partial charge in [-0.3, -0.25) is 9.59 Å². The number of hydrogen-bond acceptors (Lipinski definition) is 5. The van der Waals surface area contributed by atoms with Crippen molar-refractivity contribution in [3.63, 3.8) is 0 Å². The number of aromatic nitrogens is 2. The Morgan fingerprint density at radius 1 is 1.26 bits per heavy atom. The first-order chi connectivity index (χ1) is 12.9. The molecule has 1 aliphatic carbocycles. The molecule has 144 valence electrons. The molecule has 7 heteroatoms. The van der Waals surface area contributed by atoms with Gasteiger partial charge in [-0.25, -0.2) is 0 Å². The van der Waals surface area contributed by atoms with Crippen LogP contribution in [0.1, 0.15) is 66.7 Å². The maximum Gasteiger partial charge on any atom is 0.252 e. The van der Waals surface area contributed by atoms with Crippen molar-refractivity contribution in [2.75, 3.05) is 0 Å². The van der Waals surface area contributed by atoms with Gasteiger partial charge in [0, 0.05) is 11.5 Å². The molecule has 2 amide bonds. The predicted octanol–water partition coefficient (Wildman–Crippen LogP) is 2.72. The molecule has 2 N–H and O–H groups in total. The van der Waals surface area contributed by atoms with E-state index < -0.39 is 6.04 Å². The summed E-state index contributed by atoms with van der Waals surface area (Å²) in [6, 6.07) is 6.70. The van der Waals surface area contributed by atoms with Crippen LogP contribution < -0.4 is 10.6 Å². The van der Waals surface area contributed by atoms with Crippen LogP contribution in [0.5, 0.6) is 0 Å². The average Bonchev–Trinajstić information content (AvgIpc) is 3.37. The van der Waals surface area contributed by atoms with Gasteiger partial charge in [0.05, 0.1) is 6.54 Å². The molecule has 1 aromatic heterocycles. The summed E-state index contributed by atoms with van der Waals surface area (Å²) in [5, 5.41) is 9.60. The second-order valence-electron chi connectivity index (χ2n) is 7.51. The molecule has 2 aromatic rings. The van der Waals surface area contributed by atoms with Gasteiger partial charge in [0.15, 0.2) is 5.82 Å². The number of amides is 2. The minimum atomic E-state index is -0.622. The first-order valence-electron chi connectivity index (χ1n) is 9.40. The normalized spacial score (nSPS) is 14.8. The zero-order valence-corrected chi connectivity index (χ0v) is 16.0. The van der Waals surface area contributed by atoms with Crippen molar-refractivity contribution in [3.05, 3.63) is 47.1 Å². The molecule has 0 saturated heterocycles. The molecule has 1 saturated carbocycles. The lowest BCUT2D eigenvalue weighted by Gasteiger charge is -2.20. The molecule has 1 aromatic carbocycles. The van der Waals surface area contributed by atoms with Gasteiger partial charge in [-0.1, -0.05) is 37.2 Å². The number of aryl methyl sites for hydroxylation is 1. The van der Waals surface area contributed by atoms with Gasteiger partial charge in [-0.15, -0.1) is 0 Å². The molecule has 1 aliphatic rings. The summed E-state index contributed by atoms with van der Waals surface area (Å²) in [5.74, 6) is 1.26. The van der Waals surface area contributed by atoms with Gasteiger partial charge in [0.1, 0.15) is 6.04 Å². The zero-order valence-electron chi connectivity index (χ0n) is 16.0. The average molecular weight is 370 g/mol. The van der Waals surface area contributed by atoms with Crippen LogP contribution in [0.25, 0.3) is 0 Å². The highest BCUT2D eigenvalue weighted by Gasteiger charge is 2.29. The van der Waals surface area contributed by atoms with Gasteiger partial charge < -0.3 is 15.2 Å². The molecule has 0 spiro atoms. The number of hydrogen-bond donors (Lipinski definition) is 2. The van der Waals surface area contributed by atoms with Crippen LogP contribution in [-0.4, -0.2) is 28.0 Å². The van der Waals surface area contributed by atoms with Crippen LogP contribution in [-0.2, 0) is 11.3 Å². The molecule has 27 heavy (non-hydrogen) atoms. The van der Waals surface area contributed by atoms with E-state index in [9.17, 15) is 9.59 Å². The molecular weight excluding hydrogens is 344 g/mol. The molecular formula is C20H26N4O3. The van der Waals surface area contributed by atoms with E-state index in [1.165, 1.54) is 0 Å². The lowest BCUT2D eigenvalue weighted by molar-refractivity contribution is -0.123. The largest absolute Gasteiger partial charge is 0.345 e. The summed E-state index contributed by atoms with van der Waals surface area (Å²) in [4.78, 5) is 29.5. The Morgan fingerprint density at radius 2 is 2.00 bits per heavy atom. The Labute approximate surface area is 158 Å². The molecule has 0 bridgehead atoms. The molecule has 0 aliphatic heterocycles. The smallest absolute Gasteiger partial charge is 0.252 e. The van der Waals surface area contributed by atoms with E-state index in [-0.39, 0.29) is 24.3 Å². The van der Waals surface area contributed by atoms with Crippen LogP contribution in [0.4, 0.5) is 0 Å². The second kappa shape index (κ2) is 8.33. The summed E-state index contributed by atoms with van der Waals surface area (Å²) in [5.41, 5.74) is 1.45. The number of carbonyl (C=O) groups excluding carboxylic acids is 2. The highest BCUT2D eigenvalue weighted by molar-refractivity contribution is 5.98. The van der Waals surface area contributed by atoms with Crippen LogP contribution in [0.15, 0.2) is 28.8 Å². The van der Waals surface area contributed by atoms with Crippen molar-refractivity contribution >= 4 is 11.8 Å². The fourth-order valence-electron chi connectivity index (χ4n) is 2.90. The van der Waals surface area contributed by atoms with Crippen LogP contribution in [0.2, 0.25) is 0 Å². The second-order valence-corrected chi connectivity index (χ2v) is 7.51. The maximum atomic E-state index is 12.6. The van der Waals surface area contributed by atoms with Crippen molar-refractivity contribution in [2.24, 2.45) is 5.92 Å². The van der Waals surface area contributed by atoms with Crippen LogP contribution in [0, 0.1) is 12.8 Å². The van der Waals surface area contributed by atoms with E-state index in [2.05, 4.69) is 20.8 Å². The van der Waals surface area contributed by atoms with Crippen molar-refractivity contribution < 1.29 is 14.1 Å². The van der Waals surface area contributed by atoms with Crippen molar-refractivity contribution in [2.45, 2.75) is 58.5 Å². The highest BCUT2D eigenvalue weighted by Crippen LogP contribution is 2.38. The van der Waals surface area contributed by atoms with Gasteiger partial charge >= 0.3 is 0 Å². The minimum Gasteiger partial charge on any atom is -0.345 e. The highest BCUT2D eigenvalue weighted by atomic mass is 16.5. The van der Waals surface area contributed by atoms with E-state index >= 15 is 0 Å². The van der Waals surface area contributed by atoms with E-state index in [1.54, 1.807) is 6.07 Å². The fraction of sp³-hybridized carbons (Fsp3) is 0.500. The molecule has 7 nitrogen and oxygen atoms in total. The summed E-state index contributed by atoms with van der Waals surface area (Å²) >= 11 is 0. The van der Waals surface area contributed by atoms with Crippen LogP contribution >= 0.6 is 0 Å². The Bertz CT molecular complexity index is 811. The number of rotatable bonds is 8. The molecule has 3 rings (SSSR count). The third-order valence-corrected chi connectivity index (χ3v) is 4.56. The van der Waals surface area contributed by atoms with Crippen LogP contribution in [0.3, 0.4) is 0 Å². The zero-order chi connectivity index (χ0) is 19.4. The minimum absolute atomic E-state index is 0.160. The summed E-state index contributed by atoms with van der Waals surface area (Å²) in [6.45, 7) is 6.06. The molecule has 1 atom stereocenters. The van der Waals surface area contributed by atoms with Gasteiger partial charge in [-0.05, 0) is 43.7 Å². The Kier molecular flexibility index (Phi) is 5.88. The first kappa shape index (κ1) is 19.1. The lowest BCUT2D eigenvalue weighted by Crippen LogP contribution is -2.47. The van der Waals surface area contributed by atoms with E-state index in [0.717, 1.165) is 18.4 Å². The molecule has 0 radical (unpaired) electrons. The quantitative estimate of drug-likeness (QED) is 0.745. The molecule has 1 heterocycles. The molecule has 0 unspecified atom stereocenters. The van der Waals surface area contributed by atoms with Gasteiger partial charge in [-0.2, -0.15) is 4.98 Å². The van der Waals surface area contributed by atoms with E-state index in [1.807, 2.05) is 39.0 Å². The SMILES string of the molecule is Cc1ccccc1C(=O)N[C@H](CC(C)C)C(=O)NCc1nc(C2CC2)no1. The summed E-state index contributed by atoms with van der Waals surface area (Å²) in [7, 11) is 0. The number of nitrogens with zero attached hydrogens (tertiary/aromatic N) is 2. The van der Waals surface area contributed by atoms with E-state index in [0.29, 0.717) is 29.6 Å². The van der Waals surface area contributed by atoms with Gasteiger partial charge in [0.25, 0.3) is 5.91 Å². The summed E-state index contributed by atoms with van der Waals surface area (Å²) in [6.07, 6.45) is 2.72. The standard InChI is InChI=1S/C20H26N4O3/c1-12(2)10-16(22-19(25)15-7-5-4-6-13(15)3)20(26)21-11-17-23-18(24-27-17)14-8-9-14/h4-7,12,14,16H,8-11H2,1-3H3,(H,21,26)(H,22,25)/t16-/m1/s1. The monoisotopic (exact) mass is 370 g/mol. The van der Waals surface area contributed by atoms with E-state index in [4.69, 9.17) is 4.52 Å². The number of benzene rings is 1. The lowest BCUT2D eigenvalue weighted by atomic mass is 10.0. The Balaban J connectivity index is 1.61. The first-order valence-corrected chi connectivity index (χ1v) is 9.40. The summed E-state index contributed by atoms with van der Waals surface area (Å²) < 4.78 is 5.18. The Morgan fingerprint density at radius 3 is 2.67 bits per heavy atom. The van der Waals surface area contributed by atoms with Crippen molar-refractivity contribution in [3.8, 4) is 0 Å². The maximum absolute atomic E-state index is 12.6. The topological polar surface area (TPSA) is 97.1 Å². The van der Waals surface area contributed by atoms with Crippen molar-refractivity contribution in [1.29, 1.82) is 0 Å². The van der Waals surface area contributed by atoms with Crippen molar-refractivity contribution in [1.82, 2.24) is 20.8 Å².